The van der Waals surface area contributed by atoms with Gasteiger partial charge in [0.1, 0.15) is 5.56 Å². The highest BCUT2D eigenvalue weighted by Gasteiger charge is 2.23. The predicted molar refractivity (Wildman–Crippen MR) is 75.8 cm³/mol. The lowest BCUT2D eigenvalue weighted by atomic mass is 9.98. The molecular weight excluding hydrogens is 260 g/mol. The minimum absolute atomic E-state index is 0.234. The number of rotatable bonds is 7. The molecule has 1 rings (SSSR count). The van der Waals surface area contributed by atoms with Crippen molar-refractivity contribution in [2.75, 3.05) is 6.54 Å². The zero-order valence-electron chi connectivity index (χ0n) is 11.9. The molecule has 6 heteroatoms. The standard InChI is InChI=1S/C14H20N2O4/c1-9(2)10(3)7-15-8-11-5-4-6-12(16(19)20)13(11)14(17)18/h4-6,9-10,15H,7-8H2,1-3H3,(H,17,18). The Morgan fingerprint density at radius 3 is 2.55 bits per heavy atom. The second-order valence-electron chi connectivity index (χ2n) is 5.23. The lowest BCUT2D eigenvalue weighted by molar-refractivity contribution is -0.385. The zero-order chi connectivity index (χ0) is 15.3. The van der Waals surface area contributed by atoms with Crippen LogP contribution in [-0.4, -0.2) is 22.5 Å². The molecule has 0 heterocycles. The summed E-state index contributed by atoms with van der Waals surface area (Å²) in [5, 5.41) is 23.2. The monoisotopic (exact) mass is 280 g/mol. The minimum Gasteiger partial charge on any atom is -0.477 e. The molecule has 0 fully saturated rings. The van der Waals surface area contributed by atoms with Gasteiger partial charge < -0.3 is 10.4 Å². The Labute approximate surface area is 118 Å². The maximum Gasteiger partial charge on any atom is 0.343 e. The van der Waals surface area contributed by atoms with E-state index >= 15 is 0 Å². The fraction of sp³-hybridized carbons (Fsp3) is 0.500. The summed E-state index contributed by atoms with van der Waals surface area (Å²) in [4.78, 5) is 21.4. The van der Waals surface area contributed by atoms with Crippen molar-refractivity contribution < 1.29 is 14.8 Å². The number of benzene rings is 1. The van der Waals surface area contributed by atoms with Crippen LogP contribution in [-0.2, 0) is 6.54 Å². The number of nitrogens with one attached hydrogen (secondary N) is 1. The molecule has 0 spiro atoms. The van der Waals surface area contributed by atoms with Crippen molar-refractivity contribution in [1.29, 1.82) is 0 Å². The molecule has 6 nitrogen and oxygen atoms in total. The first-order valence-electron chi connectivity index (χ1n) is 6.54. The Hall–Kier alpha value is -1.95. The Morgan fingerprint density at radius 2 is 2.05 bits per heavy atom. The second kappa shape index (κ2) is 7.00. The summed E-state index contributed by atoms with van der Waals surface area (Å²) in [6.07, 6.45) is 0. The summed E-state index contributed by atoms with van der Waals surface area (Å²) in [6.45, 7) is 7.37. The minimum atomic E-state index is -1.27. The van der Waals surface area contributed by atoms with Crippen LogP contribution in [0.15, 0.2) is 18.2 Å². The molecule has 0 bridgehead atoms. The van der Waals surface area contributed by atoms with Crippen LogP contribution in [0.25, 0.3) is 0 Å². The van der Waals surface area contributed by atoms with Crippen molar-refractivity contribution in [2.24, 2.45) is 11.8 Å². The van der Waals surface area contributed by atoms with Crippen LogP contribution >= 0.6 is 0 Å². The third kappa shape index (κ3) is 4.03. The quantitative estimate of drug-likeness (QED) is 0.591. The van der Waals surface area contributed by atoms with Gasteiger partial charge in [-0.2, -0.15) is 0 Å². The molecular formula is C14H20N2O4. The van der Waals surface area contributed by atoms with E-state index in [4.69, 9.17) is 5.11 Å². The van der Waals surface area contributed by atoms with Crippen LogP contribution in [0.5, 0.6) is 0 Å². The van der Waals surface area contributed by atoms with Gasteiger partial charge in [-0.25, -0.2) is 4.79 Å². The van der Waals surface area contributed by atoms with E-state index in [0.29, 0.717) is 23.9 Å². The van der Waals surface area contributed by atoms with E-state index in [1.807, 2.05) is 0 Å². The van der Waals surface area contributed by atoms with Crippen LogP contribution in [0.4, 0.5) is 5.69 Å². The molecule has 1 aromatic rings. The van der Waals surface area contributed by atoms with E-state index in [1.54, 1.807) is 6.07 Å². The maximum atomic E-state index is 11.2. The van der Waals surface area contributed by atoms with Gasteiger partial charge >= 0.3 is 5.97 Å². The number of aromatic carboxylic acids is 1. The topological polar surface area (TPSA) is 92.5 Å². The van der Waals surface area contributed by atoms with Crippen LogP contribution in [0.1, 0.15) is 36.7 Å². The largest absolute Gasteiger partial charge is 0.477 e. The van der Waals surface area contributed by atoms with Gasteiger partial charge in [0.2, 0.25) is 0 Å². The first-order chi connectivity index (χ1) is 9.34. The zero-order valence-corrected chi connectivity index (χ0v) is 11.9. The average Bonchev–Trinajstić information content (AvgIpc) is 2.37. The average molecular weight is 280 g/mol. The van der Waals surface area contributed by atoms with E-state index in [1.165, 1.54) is 12.1 Å². The van der Waals surface area contributed by atoms with Crippen LogP contribution in [0.3, 0.4) is 0 Å². The van der Waals surface area contributed by atoms with Gasteiger partial charge in [0.05, 0.1) is 4.92 Å². The SMILES string of the molecule is CC(C)C(C)CNCc1cccc([N+](=O)[O-])c1C(=O)O. The summed E-state index contributed by atoms with van der Waals surface area (Å²) in [5.74, 6) is -0.306. The fourth-order valence-corrected chi connectivity index (χ4v) is 1.80. The third-order valence-corrected chi connectivity index (χ3v) is 3.46. The molecule has 110 valence electrons. The van der Waals surface area contributed by atoms with Gasteiger partial charge in [0, 0.05) is 12.6 Å². The van der Waals surface area contributed by atoms with E-state index in [-0.39, 0.29) is 11.3 Å². The van der Waals surface area contributed by atoms with E-state index in [0.717, 1.165) is 6.54 Å². The second-order valence-corrected chi connectivity index (χ2v) is 5.23. The van der Waals surface area contributed by atoms with Gasteiger partial charge in [0.25, 0.3) is 5.69 Å². The molecule has 0 saturated heterocycles. The molecule has 2 N–H and O–H groups in total. The molecule has 1 aromatic carbocycles. The van der Waals surface area contributed by atoms with Crippen molar-refractivity contribution in [1.82, 2.24) is 5.32 Å². The number of hydrogen-bond acceptors (Lipinski definition) is 4. The first-order valence-corrected chi connectivity index (χ1v) is 6.54. The van der Waals surface area contributed by atoms with Crippen molar-refractivity contribution in [3.05, 3.63) is 39.4 Å². The number of nitrogens with zero attached hydrogens (tertiary/aromatic N) is 1. The molecule has 0 aliphatic heterocycles. The van der Waals surface area contributed by atoms with Crippen LogP contribution in [0.2, 0.25) is 0 Å². The van der Waals surface area contributed by atoms with Crippen LogP contribution in [0, 0.1) is 22.0 Å². The molecule has 0 aromatic heterocycles. The summed E-state index contributed by atoms with van der Waals surface area (Å²) in [7, 11) is 0. The summed E-state index contributed by atoms with van der Waals surface area (Å²) >= 11 is 0. The highest BCUT2D eigenvalue weighted by atomic mass is 16.6. The van der Waals surface area contributed by atoms with E-state index in [2.05, 4.69) is 26.1 Å². The summed E-state index contributed by atoms with van der Waals surface area (Å²) in [5.41, 5.74) is -0.168. The normalized spacial score (nSPS) is 12.4. The van der Waals surface area contributed by atoms with Crippen molar-refractivity contribution in [2.45, 2.75) is 27.3 Å². The summed E-state index contributed by atoms with van der Waals surface area (Å²) in [6, 6.07) is 4.32. The number of carboxylic acid groups (broad SMARTS) is 1. The smallest absolute Gasteiger partial charge is 0.343 e. The van der Waals surface area contributed by atoms with Gasteiger partial charge in [-0.1, -0.05) is 32.9 Å². The van der Waals surface area contributed by atoms with E-state index < -0.39 is 10.9 Å². The summed E-state index contributed by atoms with van der Waals surface area (Å²) < 4.78 is 0. The Balaban J connectivity index is 2.87. The number of hydrogen-bond donors (Lipinski definition) is 2. The number of nitro benzene ring substituents is 1. The molecule has 0 amide bonds. The van der Waals surface area contributed by atoms with Gasteiger partial charge in [-0.3, -0.25) is 10.1 Å². The van der Waals surface area contributed by atoms with Gasteiger partial charge in [-0.05, 0) is 23.9 Å². The molecule has 0 aliphatic rings. The number of carbonyl (C=O) groups is 1. The molecule has 0 aliphatic carbocycles. The predicted octanol–water partition coefficient (Wildman–Crippen LogP) is 2.67. The lowest BCUT2D eigenvalue weighted by Gasteiger charge is -2.16. The molecule has 20 heavy (non-hydrogen) atoms. The molecule has 0 saturated carbocycles. The Bertz CT molecular complexity index is 500. The van der Waals surface area contributed by atoms with Crippen molar-refractivity contribution in [3.63, 3.8) is 0 Å². The van der Waals surface area contributed by atoms with Gasteiger partial charge in [-0.15, -0.1) is 0 Å². The maximum absolute atomic E-state index is 11.2. The lowest BCUT2D eigenvalue weighted by Crippen LogP contribution is -2.24. The van der Waals surface area contributed by atoms with Crippen molar-refractivity contribution in [3.8, 4) is 0 Å². The molecule has 1 unspecified atom stereocenters. The third-order valence-electron chi connectivity index (χ3n) is 3.46. The molecule has 0 radical (unpaired) electrons. The Kier molecular flexibility index (Phi) is 5.64. The highest BCUT2D eigenvalue weighted by molar-refractivity contribution is 5.94. The number of carboxylic acids is 1. The first kappa shape index (κ1) is 16.1. The van der Waals surface area contributed by atoms with Crippen LogP contribution < -0.4 is 5.32 Å². The highest BCUT2D eigenvalue weighted by Crippen LogP contribution is 2.22. The molecule has 1 atom stereocenters. The fourth-order valence-electron chi connectivity index (χ4n) is 1.80. The van der Waals surface area contributed by atoms with E-state index in [9.17, 15) is 14.9 Å². The number of nitro groups is 1. The van der Waals surface area contributed by atoms with Crippen molar-refractivity contribution >= 4 is 11.7 Å². The Morgan fingerprint density at radius 1 is 1.40 bits per heavy atom. The van der Waals surface area contributed by atoms with Gasteiger partial charge in [0.15, 0.2) is 0 Å².